The molecule has 1 aromatic carbocycles. The first-order valence-electron chi connectivity index (χ1n) is 5.36. The van der Waals surface area contributed by atoms with Gasteiger partial charge < -0.3 is 13.3 Å². The van der Waals surface area contributed by atoms with Gasteiger partial charge in [-0.2, -0.15) is 0 Å². The van der Waals surface area contributed by atoms with E-state index in [0.29, 0.717) is 5.92 Å². The van der Waals surface area contributed by atoms with Crippen LogP contribution in [-0.4, -0.2) is 30.1 Å². The van der Waals surface area contributed by atoms with Crippen molar-refractivity contribution in [1.29, 1.82) is 0 Å². The van der Waals surface area contributed by atoms with Crippen LogP contribution in [0.1, 0.15) is 25.3 Å². The van der Waals surface area contributed by atoms with Crippen LogP contribution in [0.3, 0.4) is 0 Å². The Morgan fingerprint density at radius 3 is 1.88 bits per heavy atom. The van der Waals surface area contributed by atoms with Crippen LogP contribution < -0.4 is 5.19 Å². The van der Waals surface area contributed by atoms with E-state index in [4.69, 9.17) is 13.3 Å². The van der Waals surface area contributed by atoms with E-state index in [1.54, 1.807) is 21.3 Å². The van der Waals surface area contributed by atoms with E-state index in [0.717, 1.165) is 5.19 Å². The SMILES string of the molecule is CO[Si](OC)(OC)c1ccccc1C(C)C. The van der Waals surface area contributed by atoms with Crippen molar-refractivity contribution in [2.45, 2.75) is 19.8 Å². The minimum absolute atomic E-state index is 0.420. The van der Waals surface area contributed by atoms with Gasteiger partial charge in [0.05, 0.1) is 0 Å². The molecule has 0 saturated carbocycles. The molecule has 1 aromatic rings. The molecule has 0 aliphatic heterocycles. The predicted molar refractivity (Wildman–Crippen MR) is 66.9 cm³/mol. The standard InChI is InChI=1S/C12H20O3Si/c1-10(2)11-8-6-7-9-12(11)16(13-3,14-4)15-5/h6-10H,1-5H3. The molecular weight excluding hydrogens is 220 g/mol. The molecule has 0 fully saturated rings. The molecule has 0 bridgehead atoms. The summed E-state index contributed by atoms with van der Waals surface area (Å²) in [6.45, 7) is 4.30. The highest BCUT2D eigenvalue weighted by molar-refractivity contribution is 6.75. The third-order valence-electron chi connectivity index (χ3n) is 2.72. The Bertz CT molecular complexity index is 327. The number of rotatable bonds is 5. The molecule has 0 radical (unpaired) electrons. The first-order chi connectivity index (χ1) is 7.61. The van der Waals surface area contributed by atoms with Crippen molar-refractivity contribution in [1.82, 2.24) is 0 Å². The van der Waals surface area contributed by atoms with Gasteiger partial charge in [-0.1, -0.05) is 38.1 Å². The van der Waals surface area contributed by atoms with E-state index in [9.17, 15) is 0 Å². The summed E-state index contributed by atoms with van der Waals surface area (Å²) in [7, 11) is 2.20. The topological polar surface area (TPSA) is 27.7 Å². The van der Waals surface area contributed by atoms with Gasteiger partial charge in [-0.05, 0) is 11.5 Å². The highest BCUT2D eigenvalue weighted by atomic mass is 28.4. The number of hydrogen-bond donors (Lipinski definition) is 0. The van der Waals surface area contributed by atoms with Crippen molar-refractivity contribution in [2.75, 3.05) is 21.3 Å². The molecule has 0 atom stereocenters. The van der Waals surface area contributed by atoms with Crippen molar-refractivity contribution in [3.8, 4) is 0 Å². The Morgan fingerprint density at radius 1 is 0.938 bits per heavy atom. The van der Waals surface area contributed by atoms with Crippen LogP contribution in [0.4, 0.5) is 0 Å². The number of hydrogen-bond acceptors (Lipinski definition) is 3. The Labute approximate surface area is 98.7 Å². The summed E-state index contributed by atoms with van der Waals surface area (Å²) in [4.78, 5) is 0. The fourth-order valence-electron chi connectivity index (χ4n) is 1.86. The molecule has 0 heterocycles. The fraction of sp³-hybridized carbons (Fsp3) is 0.500. The Balaban J connectivity index is 3.29. The molecule has 0 spiro atoms. The summed E-state index contributed by atoms with van der Waals surface area (Å²) < 4.78 is 16.5. The van der Waals surface area contributed by atoms with Crippen LogP contribution in [0.25, 0.3) is 0 Å². The van der Waals surface area contributed by atoms with Gasteiger partial charge in [0.15, 0.2) is 0 Å². The first-order valence-corrected chi connectivity index (χ1v) is 7.08. The minimum atomic E-state index is -2.70. The van der Waals surface area contributed by atoms with Crippen molar-refractivity contribution in [3.05, 3.63) is 29.8 Å². The Hall–Kier alpha value is -0.683. The van der Waals surface area contributed by atoms with Crippen LogP contribution in [0.5, 0.6) is 0 Å². The lowest BCUT2D eigenvalue weighted by atomic mass is 10.0. The maximum atomic E-state index is 5.51. The Kier molecular flexibility index (Phi) is 4.67. The second-order valence-electron chi connectivity index (χ2n) is 3.91. The molecular formula is C12H20O3Si. The normalized spacial score (nSPS) is 12.1. The van der Waals surface area contributed by atoms with Gasteiger partial charge in [0.2, 0.25) is 0 Å². The van der Waals surface area contributed by atoms with Gasteiger partial charge in [0.1, 0.15) is 0 Å². The van der Waals surface area contributed by atoms with Crippen molar-refractivity contribution in [2.24, 2.45) is 0 Å². The maximum absolute atomic E-state index is 5.51. The molecule has 0 saturated heterocycles. The summed E-state index contributed by atoms with van der Waals surface area (Å²) in [6.07, 6.45) is 0. The van der Waals surface area contributed by atoms with E-state index < -0.39 is 8.80 Å². The van der Waals surface area contributed by atoms with E-state index in [1.165, 1.54) is 5.56 Å². The van der Waals surface area contributed by atoms with E-state index >= 15 is 0 Å². The molecule has 3 nitrogen and oxygen atoms in total. The highest BCUT2D eigenvalue weighted by Gasteiger charge is 2.42. The average molecular weight is 240 g/mol. The van der Waals surface area contributed by atoms with Gasteiger partial charge in [-0.15, -0.1) is 0 Å². The summed E-state index contributed by atoms with van der Waals surface area (Å²) in [6, 6.07) is 8.13. The van der Waals surface area contributed by atoms with Crippen molar-refractivity contribution < 1.29 is 13.3 Å². The lowest BCUT2D eigenvalue weighted by Gasteiger charge is -2.27. The van der Waals surface area contributed by atoms with Gasteiger partial charge in [0, 0.05) is 26.5 Å². The summed E-state index contributed by atoms with van der Waals surface area (Å²) in [5.74, 6) is 0.420. The van der Waals surface area contributed by atoms with Crippen LogP contribution >= 0.6 is 0 Å². The maximum Gasteiger partial charge on any atom is 0.536 e. The van der Waals surface area contributed by atoms with Crippen LogP contribution in [0.15, 0.2) is 24.3 Å². The number of benzene rings is 1. The second kappa shape index (κ2) is 5.59. The van der Waals surface area contributed by atoms with Crippen molar-refractivity contribution >= 4 is 14.0 Å². The monoisotopic (exact) mass is 240 g/mol. The van der Waals surface area contributed by atoms with Gasteiger partial charge >= 0.3 is 8.80 Å². The highest BCUT2D eigenvalue weighted by Crippen LogP contribution is 2.17. The quantitative estimate of drug-likeness (QED) is 0.736. The molecule has 90 valence electrons. The lowest BCUT2D eigenvalue weighted by Crippen LogP contribution is -2.56. The molecule has 0 amide bonds. The molecule has 0 unspecified atom stereocenters. The van der Waals surface area contributed by atoms with Gasteiger partial charge in [0.25, 0.3) is 0 Å². The van der Waals surface area contributed by atoms with Gasteiger partial charge in [-0.3, -0.25) is 0 Å². The third-order valence-corrected chi connectivity index (χ3v) is 5.45. The van der Waals surface area contributed by atoms with Crippen LogP contribution in [0.2, 0.25) is 0 Å². The molecule has 4 heteroatoms. The Morgan fingerprint density at radius 2 is 1.44 bits per heavy atom. The van der Waals surface area contributed by atoms with Crippen LogP contribution in [0, 0.1) is 0 Å². The van der Waals surface area contributed by atoms with Gasteiger partial charge in [-0.25, -0.2) is 0 Å². The molecule has 0 N–H and O–H groups in total. The second-order valence-corrected chi connectivity index (χ2v) is 6.79. The predicted octanol–water partition coefficient (Wildman–Crippen LogP) is 1.90. The molecule has 1 rings (SSSR count). The zero-order valence-electron chi connectivity index (χ0n) is 10.6. The smallest absolute Gasteiger partial charge is 0.373 e. The molecule has 0 aromatic heterocycles. The van der Waals surface area contributed by atoms with Crippen LogP contribution in [-0.2, 0) is 13.3 Å². The van der Waals surface area contributed by atoms with Crippen molar-refractivity contribution in [3.63, 3.8) is 0 Å². The zero-order chi connectivity index (χ0) is 12.2. The van der Waals surface area contributed by atoms with E-state index in [1.807, 2.05) is 18.2 Å². The summed E-state index contributed by atoms with van der Waals surface area (Å²) in [5, 5.41) is 1.05. The zero-order valence-corrected chi connectivity index (χ0v) is 11.6. The molecule has 0 aliphatic rings. The third kappa shape index (κ3) is 2.35. The largest absolute Gasteiger partial charge is 0.536 e. The minimum Gasteiger partial charge on any atom is -0.373 e. The molecule has 16 heavy (non-hydrogen) atoms. The fourth-order valence-corrected chi connectivity index (χ4v) is 4.04. The lowest BCUT2D eigenvalue weighted by molar-refractivity contribution is 0.140. The summed E-state index contributed by atoms with van der Waals surface area (Å²) in [5.41, 5.74) is 1.22. The first kappa shape index (κ1) is 13.4. The van der Waals surface area contributed by atoms with E-state index in [2.05, 4.69) is 19.9 Å². The average Bonchev–Trinajstić information content (AvgIpc) is 2.32. The summed E-state index contributed by atoms with van der Waals surface area (Å²) >= 11 is 0. The molecule has 0 aliphatic carbocycles. The van der Waals surface area contributed by atoms with E-state index in [-0.39, 0.29) is 0 Å².